The third kappa shape index (κ3) is 3.71. The first-order valence-electron chi connectivity index (χ1n) is 5.93. The van der Waals surface area contributed by atoms with E-state index in [9.17, 15) is 4.79 Å². The number of aromatic carboxylic acids is 1. The van der Waals surface area contributed by atoms with Gasteiger partial charge in [0.1, 0.15) is 12.4 Å². The summed E-state index contributed by atoms with van der Waals surface area (Å²) in [6, 6.07) is 4.83. The summed E-state index contributed by atoms with van der Waals surface area (Å²) >= 11 is 3.27. The summed E-state index contributed by atoms with van der Waals surface area (Å²) in [5.41, 5.74) is 0.212. The van der Waals surface area contributed by atoms with Gasteiger partial charge in [0, 0.05) is 11.1 Å². The van der Waals surface area contributed by atoms with Crippen molar-refractivity contribution < 1.29 is 19.4 Å². The minimum absolute atomic E-state index is 0.117. The molecule has 1 aromatic rings. The van der Waals surface area contributed by atoms with E-state index in [1.165, 1.54) is 6.07 Å². The van der Waals surface area contributed by atoms with Gasteiger partial charge in [-0.3, -0.25) is 0 Å². The van der Waals surface area contributed by atoms with Crippen molar-refractivity contribution in [1.29, 1.82) is 0 Å². The number of carboxylic acid groups (broad SMARTS) is 1. The van der Waals surface area contributed by atoms with Gasteiger partial charge in [0.15, 0.2) is 0 Å². The number of carbonyl (C=O) groups is 1. The van der Waals surface area contributed by atoms with E-state index in [4.69, 9.17) is 14.6 Å². The fraction of sp³-hybridized carbons (Fsp3) is 0.462. The lowest BCUT2D eigenvalue weighted by Gasteiger charge is -2.22. The number of hydrogen-bond donors (Lipinski definition) is 1. The largest absolute Gasteiger partial charge is 0.491 e. The second-order valence-electron chi connectivity index (χ2n) is 4.28. The van der Waals surface area contributed by atoms with Crippen LogP contribution in [0, 0.1) is 0 Å². The van der Waals surface area contributed by atoms with E-state index in [-0.39, 0.29) is 11.7 Å². The van der Waals surface area contributed by atoms with E-state index < -0.39 is 5.97 Å². The first kappa shape index (κ1) is 13.4. The van der Waals surface area contributed by atoms with Crippen molar-refractivity contribution >= 4 is 21.9 Å². The SMILES string of the molecule is O=C(O)c1cc(Br)cc(OCC2CCCCO2)c1. The Morgan fingerprint density at radius 2 is 2.28 bits per heavy atom. The lowest BCUT2D eigenvalue weighted by molar-refractivity contribution is -0.0110. The summed E-state index contributed by atoms with van der Waals surface area (Å²) in [6.45, 7) is 1.25. The van der Waals surface area contributed by atoms with Crippen LogP contribution in [0.3, 0.4) is 0 Å². The second-order valence-corrected chi connectivity index (χ2v) is 5.20. The van der Waals surface area contributed by atoms with Crippen LogP contribution < -0.4 is 4.74 Å². The van der Waals surface area contributed by atoms with Gasteiger partial charge >= 0.3 is 5.97 Å². The van der Waals surface area contributed by atoms with Crippen LogP contribution in [0.2, 0.25) is 0 Å². The minimum Gasteiger partial charge on any atom is -0.491 e. The minimum atomic E-state index is -0.963. The molecular formula is C13H15BrO4. The molecule has 0 radical (unpaired) electrons. The molecule has 0 saturated carbocycles. The molecule has 1 atom stereocenters. The Morgan fingerprint density at radius 1 is 1.44 bits per heavy atom. The zero-order valence-corrected chi connectivity index (χ0v) is 11.5. The van der Waals surface area contributed by atoms with Gasteiger partial charge in [-0.2, -0.15) is 0 Å². The predicted molar refractivity (Wildman–Crippen MR) is 70.2 cm³/mol. The Morgan fingerprint density at radius 3 is 2.94 bits per heavy atom. The van der Waals surface area contributed by atoms with Crippen molar-refractivity contribution in [2.75, 3.05) is 13.2 Å². The third-order valence-corrected chi connectivity index (χ3v) is 3.29. The topological polar surface area (TPSA) is 55.8 Å². The summed E-state index contributed by atoms with van der Waals surface area (Å²) in [6.07, 6.45) is 3.38. The van der Waals surface area contributed by atoms with E-state index in [1.54, 1.807) is 12.1 Å². The standard InChI is InChI=1S/C13H15BrO4/c14-10-5-9(13(15)16)6-12(7-10)18-8-11-3-1-2-4-17-11/h5-7,11H,1-4,8H2,(H,15,16). The molecule has 98 valence electrons. The normalized spacial score (nSPS) is 19.5. The maximum Gasteiger partial charge on any atom is 0.335 e. The molecule has 1 N–H and O–H groups in total. The van der Waals surface area contributed by atoms with Crippen molar-refractivity contribution in [3.8, 4) is 5.75 Å². The molecule has 0 aromatic heterocycles. The molecule has 0 bridgehead atoms. The molecule has 0 amide bonds. The number of hydrogen-bond acceptors (Lipinski definition) is 3. The van der Waals surface area contributed by atoms with Crippen molar-refractivity contribution in [2.45, 2.75) is 25.4 Å². The molecule has 1 fully saturated rings. The first-order valence-corrected chi connectivity index (χ1v) is 6.73. The van der Waals surface area contributed by atoms with Gasteiger partial charge in [0.05, 0.1) is 11.7 Å². The summed E-state index contributed by atoms with van der Waals surface area (Å²) in [4.78, 5) is 10.9. The van der Waals surface area contributed by atoms with E-state index in [2.05, 4.69) is 15.9 Å². The maximum absolute atomic E-state index is 10.9. The Bertz CT molecular complexity index is 427. The van der Waals surface area contributed by atoms with Crippen LogP contribution in [0.1, 0.15) is 29.6 Å². The van der Waals surface area contributed by atoms with Crippen LogP contribution in [0.25, 0.3) is 0 Å². The molecule has 1 heterocycles. The van der Waals surface area contributed by atoms with Crippen LogP contribution in [-0.2, 0) is 4.74 Å². The van der Waals surface area contributed by atoms with Crippen molar-refractivity contribution in [3.05, 3.63) is 28.2 Å². The Hall–Kier alpha value is -1.07. The van der Waals surface area contributed by atoms with Crippen molar-refractivity contribution in [3.63, 3.8) is 0 Å². The number of rotatable bonds is 4. The van der Waals surface area contributed by atoms with E-state index in [0.29, 0.717) is 16.8 Å². The molecule has 5 heteroatoms. The summed E-state index contributed by atoms with van der Waals surface area (Å²) in [5, 5.41) is 8.95. The molecule has 0 spiro atoms. The first-order chi connectivity index (χ1) is 8.65. The van der Waals surface area contributed by atoms with Gasteiger partial charge in [0.25, 0.3) is 0 Å². The highest BCUT2D eigenvalue weighted by atomic mass is 79.9. The van der Waals surface area contributed by atoms with E-state index in [0.717, 1.165) is 25.9 Å². The average Bonchev–Trinajstić information content (AvgIpc) is 2.37. The number of benzene rings is 1. The summed E-state index contributed by atoms with van der Waals surface area (Å²) in [5.74, 6) is -0.411. The van der Waals surface area contributed by atoms with Gasteiger partial charge in [-0.25, -0.2) is 4.79 Å². The van der Waals surface area contributed by atoms with Gasteiger partial charge < -0.3 is 14.6 Å². The third-order valence-electron chi connectivity index (χ3n) is 2.83. The number of carboxylic acids is 1. The van der Waals surface area contributed by atoms with E-state index in [1.807, 2.05) is 0 Å². The zero-order valence-electron chi connectivity index (χ0n) is 9.89. The Labute approximate surface area is 114 Å². The van der Waals surface area contributed by atoms with Crippen molar-refractivity contribution in [2.24, 2.45) is 0 Å². The van der Waals surface area contributed by atoms with Crippen LogP contribution >= 0.6 is 15.9 Å². The van der Waals surface area contributed by atoms with Gasteiger partial charge in [-0.15, -0.1) is 0 Å². The number of ether oxygens (including phenoxy) is 2. The monoisotopic (exact) mass is 314 g/mol. The molecular weight excluding hydrogens is 300 g/mol. The average molecular weight is 315 g/mol. The lowest BCUT2D eigenvalue weighted by Crippen LogP contribution is -2.25. The highest BCUT2D eigenvalue weighted by molar-refractivity contribution is 9.10. The molecule has 0 aliphatic carbocycles. The molecule has 1 unspecified atom stereocenters. The Balaban J connectivity index is 1.97. The number of halogens is 1. The van der Waals surface area contributed by atoms with Gasteiger partial charge in [-0.1, -0.05) is 15.9 Å². The molecule has 1 aromatic carbocycles. The van der Waals surface area contributed by atoms with Crippen LogP contribution in [0.5, 0.6) is 5.75 Å². The predicted octanol–water partition coefficient (Wildman–Crippen LogP) is 3.10. The molecule has 2 rings (SSSR count). The highest BCUT2D eigenvalue weighted by Gasteiger charge is 2.15. The van der Waals surface area contributed by atoms with Gasteiger partial charge in [0.2, 0.25) is 0 Å². The fourth-order valence-electron chi connectivity index (χ4n) is 1.90. The molecule has 1 aliphatic rings. The zero-order chi connectivity index (χ0) is 13.0. The maximum atomic E-state index is 10.9. The molecule has 1 aliphatic heterocycles. The lowest BCUT2D eigenvalue weighted by atomic mass is 10.1. The van der Waals surface area contributed by atoms with Crippen LogP contribution in [0.4, 0.5) is 0 Å². The molecule has 1 saturated heterocycles. The summed E-state index contributed by atoms with van der Waals surface area (Å²) < 4.78 is 11.8. The van der Waals surface area contributed by atoms with Crippen LogP contribution in [-0.4, -0.2) is 30.4 Å². The second kappa shape index (κ2) is 6.20. The quantitative estimate of drug-likeness (QED) is 0.927. The van der Waals surface area contributed by atoms with Gasteiger partial charge in [-0.05, 0) is 37.5 Å². The van der Waals surface area contributed by atoms with E-state index >= 15 is 0 Å². The molecule has 4 nitrogen and oxygen atoms in total. The smallest absolute Gasteiger partial charge is 0.335 e. The molecule has 18 heavy (non-hydrogen) atoms. The summed E-state index contributed by atoms with van der Waals surface area (Å²) in [7, 11) is 0. The van der Waals surface area contributed by atoms with Crippen LogP contribution in [0.15, 0.2) is 22.7 Å². The highest BCUT2D eigenvalue weighted by Crippen LogP contribution is 2.22. The van der Waals surface area contributed by atoms with Crippen molar-refractivity contribution in [1.82, 2.24) is 0 Å². The fourth-order valence-corrected chi connectivity index (χ4v) is 2.37. The Kier molecular flexibility index (Phi) is 4.60.